The molecule has 50 valence electrons. The summed E-state index contributed by atoms with van der Waals surface area (Å²) in [5, 5.41) is 0. The standard InChI is InChI=1S/C9H14/c1-2-8(4-5-8)9(3-1)6-7-9/h1-7H2. The van der Waals surface area contributed by atoms with Crippen molar-refractivity contribution in [2.24, 2.45) is 10.8 Å². The minimum absolute atomic E-state index is 0.951. The topological polar surface area (TPSA) is 0 Å². The number of rotatable bonds is 0. The quantitative estimate of drug-likeness (QED) is 0.463. The molecule has 0 N–H and O–H groups in total. The van der Waals surface area contributed by atoms with Crippen molar-refractivity contribution in [3.05, 3.63) is 0 Å². The van der Waals surface area contributed by atoms with Gasteiger partial charge in [0.05, 0.1) is 0 Å². The van der Waals surface area contributed by atoms with Crippen LogP contribution in [-0.4, -0.2) is 0 Å². The lowest BCUT2D eigenvalue weighted by Gasteiger charge is -2.14. The van der Waals surface area contributed by atoms with E-state index in [0.717, 1.165) is 10.8 Å². The van der Waals surface area contributed by atoms with Crippen LogP contribution in [0.25, 0.3) is 0 Å². The van der Waals surface area contributed by atoms with Crippen molar-refractivity contribution in [3.63, 3.8) is 0 Å². The lowest BCUT2D eigenvalue weighted by molar-refractivity contribution is 0.340. The molecule has 0 heterocycles. The minimum Gasteiger partial charge on any atom is -0.0522 e. The molecule has 2 spiro atoms. The van der Waals surface area contributed by atoms with E-state index >= 15 is 0 Å². The first-order chi connectivity index (χ1) is 4.37. The van der Waals surface area contributed by atoms with Gasteiger partial charge in [-0.15, -0.1) is 0 Å². The maximum atomic E-state index is 1.59. The fourth-order valence-corrected chi connectivity index (χ4v) is 3.16. The largest absolute Gasteiger partial charge is 0.0522 e. The zero-order valence-electron chi connectivity index (χ0n) is 5.95. The highest BCUT2D eigenvalue weighted by Crippen LogP contribution is 2.77. The summed E-state index contributed by atoms with van der Waals surface area (Å²) >= 11 is 0. The lowest BCUT2D eigenvalue weighted by atomic mass is 9.90. The van der Waals surface area contributed by atoms with Gasteiger partial charge in [-0.2, -0.15) is 0 Å². The van der Waals surface area contributed by atoms with Gasteiger partial charge in [-0.05, 0) is 49.4 Å². The Bertz CT molecular complexity index is 131. The molecule has 0 radical (unpaired) electrons. The minimum atomic E-state index is 0.951. The highest BCUT2D eigenvalue weighted by molar-refractivity contribution is 5.17. The van der Waals surface area contributed by atoms with Gasteiger partial charge in [0.1, 0.15) is 0 Å². The number of hydrogen-bond acceptors (Lipinski definition) is 0. The zero-order chi connectivity index (χ0) is 5.95. The molecule has 9 heavy (non-hydrogen) atoms. The van der Waals surface area contributed by atoms with E-state index in [4.69, 9.17) is 0 Å². The fourth-order valence-electron chi connectivity index (χ4n) is 3.16. The van der Waals surface area contributed by atoms with Crippen LogP contribution in [0.1, 0.15) is 44.9 Å². The predicted octanol–water partition coefficient (Wildman–Crippen LogP) is 2.73. The average molecular weight is 122 g/mol. The average Bonchev–Trinajstić information content (AvgIpc) is 2.51. The van der Waals surface area contributed by atoms with Crippen LogP contribution in [0.4, 0.5) is 0 Å². The van der Waals surface area contributed by atoms with Crippen LogP contribution < -0.4 is 0 Å². The smallest absolute Gasteiger partial charge is 0.0241 e. The fraction of sp³-hybridized carbons (Fsp3) is 1.00. The monoisotopic (exact) mass is 122 g/mol. The van der Waals surface area contributed by atoms with Crippen LogP contribution in [0.3, 0.4) is 0 Å². The predicted molar refractivity (Wildman–Crippen MR) is 37.2 cm³/mol. The van der Waals surface area contributed by atoms with E-state index in [1.165, 1.54) is 0 Å². The summed E-state index contributed by atoms with van der Waals surface area (Å²) < 4.78 is 0. The van der Waals surface area contributed by atoms with Crippen molar-refractivity contribution in [1.82, 2.24) is 0 Å². The third-order valence-electron chi connectivity index (χ3n) is 4.14. The molecule has 0 atom stereocenters. The normalized spacial score (nSPS) is 40.0. The maximum Gasteiger partial charge on any atom is -0.0241 e. The van der Waals surface area contributed by atoms with Crippen LogP contribution in [0.5, 0.6) is 0 Å². The van der Waals surface area contributed by atoms with E-state index in [1.54, 1.807) is 44.9 Å². The molecule has 0 unspecified atom stereocenters. The first-order valence-corrected chi connectivity index (χ1v) is 4.37. The van der Waals surface area contributed by atoms with Crippen LogP contribution in [-0.2, 0) is 0 Å². The molecule has 0 aromatic carbocycles. The molecule has 3 aliphatic carbocycles. The van der Waals surface area contributed by atoms with Crippen LogP contribution in [0.2, 0.25) is 0 Å². The van der Waals surface area contributed by atoms with Crippen molar-refractivity contribution in [2.45, 2.75) is 44.9 Å². The molecule has 3 saturated carbocycles. The Morgan fingerprint density at radius 2 is 1.00 bits per heavy atom. The van der Waals surface area contributed by atoms with Crippen LogP contribution >= 0.6 is 0 Å². The summed E-state index contributed by atoms with van der Waals surface area (Å²) in [6.07, 6.45) is 11.1. The lowest BCUT2D eigenvalue weighted by Crippen LogP contribution is -2.07. The molecule has 0 aromatic rings. The summed E-state index contributed by atoms with van der Waals surface area (Å²) in [5.74, 6) is 0. The number of fused-ring (bicyclic) bond motifs is 1. The van der Waals surface area contributed by atoms with Gasteiger partial charge in [-0.1, -0.05) is 6.42 Å². The van der Waals surface area contributed by atoms with Gasteiger partial charge >= 0.3 is 0 Å². The Morgan fingerprint density at radius 3 is 1.33 bits per heavy atom. The third kappa shape index (κ3) is 0.395. The van der Waals surface area contributed by atoms with Gasteiger partial charge in [0.25, 0.3) is 0 Å². The first kappa shape index (κ1) is 4.76. The van der Waals surface area contributed by atoms with Gasteiger partial charge in [-0.3, -0.25) is 0 Å². The van der Waals surface area contributed by atoms with Crippen LogP contribution in [0, 0.1) is 10.8 Å². The van der Waals surface area contributed by atoms with E-state index in [1.807, 2.05) is 0 Å². The molecule has 0 bridgehead atoms. The van der Waals surface area contributed by atoms with Crippen molar-refractivity contribution in [1.29, 1.82) is 0 Å². The Hall–Kier alpha value is 0. The van der Waals surface area contributed by atoms with Gasteiger partial charge < -0.3 is 0 Å². The van der Waals surface area contributed by atoms with Crippen molar-refractivity contribution >= 4 is 0 Å². The molecule has 0 heteroatoms. The second-order valence-corrected chi connectivity index (χ2v) is 4.41. The second-order valence-electron chi connectivity index (χ2n) is 4.41. The highest BCUT2D eigenvalue weighted by atomic mass is 14.7. The Balaban J connectivity index is 2.00. The summed E-state index contributed by atoms with van der Waals surface area (Å²) in [5.41, 5.74) is 1.90. The van der Waals surface area contributed by atoms with E-state index in [0.29, 0.717) is 0 Å². The molecule has 0 nitrogen and oxygen atoms in total. The summed E-state index contributed by atoms with van der Waals surface area (Å²) in [4.78, 5) is 0. The summed E-state index contributed by atoms with van der Waals surface area (Å²) in [6, 6.07) is 0. The Morgan fingerprint density at radius 1 is 0.556 bits per heavy atom. The molecule has 3 rings (SSSR count). The first-order valence-electron chi connectivity index (χ1n) is 4.37. The van der Waals surface area contributed by atoms with E-state index < -0.39 is 0 Å². The van der Waals surface area contributed by atoms with E-state index in [2.05, 4.69) is 0 Å². The van der Waals surface area contributed by atoms with Gasteiger partial charge in [0.2, 0.25) is 0 Å². The Kier molecular flexibility index (Phi) is 0.574. The van der Waals surface area contributed by atoms with Gasteiger partial charge in [-0.25, -0.2) is 0 Å². The summed E-state index contributed by atoms with van der Waals surface area (Å²) in [6.45, 7) is 0. The zero-order valence-corrected chi connectivity index (χ0v) is 5.95. The maximum absolute atomic E-state index is 1.59. The van der Waals surface area contributed by atoms with Crippen LogP contribution in [0.15, 0.2) is 0 Å². The summed E-state index contributed by atoms with van der Waals surface area (Å²) in [7, 11) is 0. The molecule has 3 fully saturated rings. The molecule has 0 aromatic heterocycles. The molecule has 0 aliphatic heterocycles. The molecule has 3 aliphatic rings. The molecular weight excluding hydrogens is 108 g/mol. The highest BCUT2D eigenvalue weighted by Gasteiger charge is 2.66. The second kappa shape index (κ2) is 1.09. The number of hydrogen-bond donors (Lipinski definition) is 0. The molecule has 0 amide bonds. The molecular formula is C9H14. The Labute approximate surface area is 56.6 Å². The third-order valence-corrected chi connectivity index (χ3v) is 4.14. The van der Waals surface area contributed by atoms with E-state index in [9.17, 15) is 0 Å². The molecule has 0 saturated heterocycles. The van der Waals surface area contributed by atoms with Crippen molar-refractivity contribution in [3.8, 4) is 0 Å². The van der Waals surface area contributed by atoms with Gasteiger partial charge in [0.15, 0.2) is 0 Å². The van der Waals surface area contributed by atoms with Crippen molar-refractivity contribution < 1.29 is 0 Å². The van der Waals surface area contributed by atoms with E-state index in [-0.39, 0.29) is 0 Å². The SMILES string of the molecule is C1CC2(CC2)C2(C1)CC2. The van der Waals surface area contributed by atoms with Crippen molar-refractivity contribution in [2.75, 3.05) is 0 Å². The van der Waals surface area contributed by atoms with Gasteiger partial charge in [0, 0.05) is 0 Å².